The number of aliphatic carboxylic acids is 1. The molecule has 2 bridgehead atoms. The van der Waals surface area contributed by atoms with Crippen LogP contribution in [0, 0.1) is 5.92 Å². The summed E-state index contributed by atoms with van der Waals surface area (Å²) in [6.45, 7) is 5.15. The Kier molecular flexibility index (Phi) is 2.99. The number of carboxylic acid groups (broad SMARTS) is 1. The molecule has 18 heavy (non-hydrogen) atoms. The SMILES string of the molecule is CC(C)(C)OC(=O)N1C2CC([C@H]1C(=O)O)[C@@H](F)C2. The van der Waals surface area contributed by atoms with Gasteiger partial charge in [0.15, 0.2) is 0 Å². The topological polar surface area (TPSA) is 66.8 Å². The van der Waals surface area contributed by atoms with Gasteiger partial charge in [0.2, 0.25) is 0 Å². The zero-order valence-corrected chi connectivity index (χ0v) is 10.7. The molecule has 2 aliphatic rings. The van der Waals surface area contributed by atoms with Gasteiger partial charge in [0.05, 0.1) is 0 Å². The van der Waals surface area contributed by atoms with Gasteiger partial charge in [-0.3, -0.25) is 4.90 Å². The zero-order chi connectivity index (χ0) is 13.7. The highest BCUT2D eigenvalue weighted by molar-refractivity contribution is 5.82. The summed E-state index contributed by atoms with van der Waals surface area (Å²) in [5.41, 5.74) is -0.683. The maximum atomic E-state index is 13.6. The van der Waals surface area contributed by atoms with Gasteiger partial charge in [-0.05, 0) is 33.6 Å². The number of hydrogen-bond acceptors (Lipinski definition) is 3. The Bertz CT molecular complexity index is 379. The van der Waals surface area contributed by atoms with Gasteiger partial charge in [0, 0.05) is 12.0 Å². The second kappa shape index (κ2) is 4.10. The summed E-state index contributed by atoms with van der Waals surface area (Å²) in [6.07, 6.45) is -1.16. The van der Waals surface area contributed by atoms with Crippen molar-refractivity contribution >= 4 is 12.1 Å². The standard InChI is InChI=1S/C12H18FNO4/c1-12(2,3)18-11(17)14-6-4-7(8(13)5-6)9(14)10(15)16/h6-9H,4-5H2,1-3H3,(H,15,16)/t6?,7?,8-,9-/m0/s1. The van der Waals surface area contributed by atoms with E-state index < -0.39 is 35.8 Å². The van der Waals surface area contributed by atoms with Gasteiger partial charge < -0.3 is 9.84 Å². The van der Waals surface area contributed by atoms with E-state index in [1.165, 1.54) is 4.90 Å². The molecule has 1 aliphatic heterocycles. The number of ether oxygens (including phenoxy) is 1. The summed E-state index contributed by atoms with van der Waals surface area (Å²) in [6, 6.07) is -1.44. The summed E-state index contributed by atoms with van der Waals surface area (Å²) in [7, 11) is 0. The number of amides is 1. The van der Waals surface area contributed by atoms with Crippen LogP contribution in [0.4, 0.5) is 9.18 Å². The first kappa shape index (κ1) is 13.1. The lowest BCUT2D eigenvalue weighted by atomic mass is 9.97. The molecule has 0 aromatic rings. The van der Waals surface area contributed by atoms with E-state index in [0.29, 0.717) is 6.42 Å². The Balaban J connectivity index is 2.17. The molecule has 1 aliphatic carbocycles. The number of rotatable bonds is 1. The van der Waals surface area contributed by atoms with Crippen molar-refractivity contribution < 1.29 is 23.8 Å². The molecular formula is C12H18FNO4. The zero-order valence-electron chi connectivity index (χ0n) is 10.7. The van der Waals surface area contributed by atoms with Crippen molar-refractivity contribution in [1.82, 2.24) is 4.90 Å². The molecule has 1 heterocycles. The smallest absolute Gasteiger partial charge is 0.411 e. The Morgan fingerprint density at radius 3 is 2.44 bits per heavy atom. The van der Waals surface area contributed by atoms with Gasteiger partial charge >= 0.3 is 12.1 Å². The molecule has 5 nitrogen and oxygen atoms in total. The van der Waals surface area contributed by atoms with E-state index in [4.69, 9.17) is 9.84 Å². The number of halogens is 1. The van der Waals surface area contributed by atoms with Gasteiger partial charge in [-0.1, -0.05) is 0 Å². The number of carboxylic acids is 1. The van der Waals surface area contributed by atoms with Crippen LogP contribution in [0.3, 0.4) is 0 Å². The number of alkyl halides is 1. The maximum Gasteiger partial charge on any atom is 0.411 e. The third kappa shape index (κ3) is 2.15. The first-order chi connectivity index (χ1) is 8.20. The van der Waals surface area contributed by atoms with Crippen molar-refractivity contribution in [3.8, 4) is 0 Å². The van der Waals surface area contributed by atoms with Crippen molar-refractivity contribution in [3.63, 3.8) is 0 Å². The fourth-order valence-corrected chi connectivity index (χ4v) is 2.86. The number of carbonyl (C=O) groups excluding carboxylic acids is 1. The average molecular weight is 259 g/mol. The van der Waals surface area contributed by atoms with E-state index in [1.807, 2.05) is 0 Å². The van der Waals surface area contributed by atoms with E-state index in [9.17, 15) is 14.0 Å². The fourth-order valence-electron chi connectivity index (χ4n) is 2.86. The Morgan fingerprint density at radius 2 is 1.94 bits per heavy atom. The van der Waals surface area contributed by atoms with E-state index >= 15 is 0 Å². The third-order valence-electron chi connectivity index (χ3n) is 3.46. The molecule has 0 spiro atoms. The molecule has 1 amide bonds. The molecule has 2 rings (SSSR count). The highest BCUT2D eigenvalue weighted by atomic mass is 19.1. The van der Waals surface area contributed by atoms with Gasteiger partial charge in [0.1, 0.15) is 17.8 Å². The van der Waals surface area contributed by atoms with Gasteiger partial charge in [0.25, 0.3) is 0 Å². The highest BCUT2D eigenvalue weighted by Crippen LogP contribution is 2.44. The quantitative estimate of drug-likeness (QED) is 0.779. The normalized spacial score (nSPS) is 34.8. The van der Waals surface area contributed by atoms with Crippen LogP contribution in [0.5, 0.6) is 0 Å². The molecule has 102 valence electrons. The fraction of sp³-hybridized carbons (Fsp3) is 0.833. The maximum absolute atomic E-state index is 13.6. The molecule has 2 fully saturated rings. The molecule has 6 heteroatoms. The van der Waals surface area contributed by atoms with Crippen molar-refractivity contribution in [1.29, 1.82) is 0 Å². The Morgan fingerprint density at radius 1 is 1.33 bits per heavy atom. The first-order valence-corrected chi connectivity index (χ1v) is 6.09. The Hall–Kier alpha value is -1.33. The predicted octanol–water partition coefficient (Wildman–Crippen LogP) is 1.81. The molecule has 2 unspecified atom stereocenters. The number of likely N-dealkylation sites (tertiary alicyclic amines) is 1. The highest BCUT2D eigenvalue weighted by Gasteiger charge is 2.57. The number of carbonyl (C=O) groups is 2. The van der Waals surface area contributed by atoms with E-state index in [2.05, 4.69) is 0 Å². The van der Waals surface area contributed by atoms with Crippen LogP contribution in [-0.2, 0) is 9.53 Å². The van der Waals surface area contributed by atoms with Crippen LogP contribution in [0.1, 0.15) is 33.6 Å². The van der Waals surface area contributed by atoms with E-state index in [0.717, 1.165) is 0 Å². The van der Waals surface area contributed by atoms with Crippen LogP contribution in [0.25, 0.3) is 0 Å². The largest absolute Gasteiger partial charge is 0.480 e. The molecule has 1 saturated carbocycles. The molecule has 0 aromatic heterocycles. The summed E-state index contributed by atoms with van der Waals surface area (Å²) in [5, 5.41) is 9.15. The lowest BCUT2D eigenvalue weighted by molar-refractivity contribution is -0.146. The third-order valence-corrected chi connectivity index (χ3v) is 3.46. The average Bonchev–Trinajstić information content (AvgIpc) is 2.69. The van der Waals surface area contributed by atoms with Crippen molar-refractivity contribution in [3.05, 3.63) is 0 Å². The summed E-state index contributed by atoms with van der Waals surface area (Å²) in [5.74, 6) is -1.75. The van der Waals surface area contributed by atoms with Crippen LogP contribution >= 0.6 is 0 Å². The number of fused-ring (bicyclic) bond motifs is 2. The minimum Gasteiger partial charge on any atom is -0.480 e. The van der Waals surface area contributed by atoms with Gasteiger partial charge in [-0.2, -0.15) is 0 Å². The predicted molar refractivity (Wildman–Crippen MR) is 60.9 cm³/mol. The lowest BCUT2D eigenvalue weighted by Gasteiger charge is -2.35. The Labute approximate surface area is 105 Å². The van der Waals surface area contributed by atoms with Crippen molar-refractivity contribution in [2.45, 2.75) is 57.5 Å². The minimum atomic E-state index is -1.16. The number of nitrogens with zero attached hydrogens (tertiary/aromatic N) is 1. The second-order valence-electron chi connectivity index (χ2n) is 5.98. The molecule has 0 radical (unpaired) electrons. The number of hydrogen-bond donors (Lipinski definition) is 1. The molecule has 1 saturated heterocycles. The van der Waals surface area contributed by atoms with Crippen LogP contribution < -0.4 is 0 Å². The van der Waals surface area contributed by atoms with Gasteiger partial charge in [-0.25, -0.2) is 14.0 Å². The monoisotopic (exact) mass is 259 g/mol. The molecular weight excluding hydrogens is 241 g/mol. The summed E-state index contributed by atoms with van der Waals surface area (Å²) >= 11 is 0. The van der Waals surface area contributed by atoms with E-state index in [1.54, 1.807) is 20.8 Å². The molecule has 0 aromatic carbocycles. The van der Waals surface area contributed by atoms with Crippen LogP contribution in [0.15, 0.2) is 0 Å². The first-order valence-electron chi connectivity index (χ1n) is 6.09. The van der Waals surface area contributed by atoms with Crippen molar-refractivity contribution in [2.75, 3.05) is 0 Å². The minimum absolute atomic E-state index is 0.216. The molecule has 1 N–H and O–H groups in total. The van der Waals surface area contributed by atoms with Crippen LogP contribution in [-0.4, -0.2) is 45.9 Å². The van der Waals surface area contributed by atoms with E-state index in [-0.39, 0.29) is 12.5 Å². The molecule has 4 atom stereocenters. The van der Waals surface area contributed by atoms with Crippen LogP contribution in [0.2, 0.25) is 0 Å². The number of piperidine rings is 1. The summed E-state index contributed by atoms with van der Waals surface area (Å²) in [4.78, 5) is 24.4. The summed E-state index contributed by atoms with van der Waals surface area (Å²) < 4.78 is 18.8. The second-order valence-corrected chi connectivity index (χ2v) is 5.98. The van der Waals surface area contributed by atoms with Crippen molar-refractivity contribution in [2.24, 2.45) is 5.92 Å². The lowest BCUT2D eigenvalue weighted by Crippen LogP contribution is -2.53. The van der Waals surface area contributed by atoms with Gasteiger partial charge in [-0.15, -0.1) is 0 Å².